The van der Waals surface area contributed by atoms with Gasteiger partial charge in [0.15, 0.2) is 0 Å². The van der Waals surface area contributed by atoms with Crippen LogP contribution in [-0.2, 0) is 4.74 Å². The summed E-state index contributed by atoms with van der Waals surface area (Å²) in [7, 11) is 0. The van der Waals surface area contributed by atoms with Crippen LogP contribution in [0.3, 0.4) is 0 Å². The van der Waals surface area contributed by atoms with E-state index in [9.17, 15) is 20.4 Å². The van der Waals surface area contributed by atoms with Gasteiger partial charge in [0.1, 0.15) is 30.5 Å². The highest BCUT2D eigenvalue weighted by Gasteiger charge is 2.42. The lowest BCUT2D eigenvalue weighted by atomic mass is 9.95. The molecule has 8 heteroatoms. The van der Waals surface area contributed by atoms with Crippen LogP contribution in [0.2, 0.25) is 0 Å². The van der Waals surface area contributed by atoms with Gasteiger partial charge in [-0.1, -0.05) is 17.9 Å². The number of fused-ring (bicyclic) bond motifs is 2. The Hall–Kier alpha value is -3.19. The Kier molecular flexibility index (Phi) is 4.98. The second-order valence-electron chi connectivity index (χ2n) is 7.66. The Bertz CT molecular complexity index is 1300. The molecule has 1 aliphatic rings. The van der Waals surface area contributed by atoms with E-state index in [2.05, 4.69) is 33.1 Å². The molecule has 31 heavy (non-hydrogen) atoms. The third-order valence-electron chi connectivity index (χ3n) is 5.68. The fourth-order valence-electron chi connectivity index (χ4n) is 3.93. The summed E-state index contributed by atoms with van der Waals surface area (Å²) < 4.78 is 5.49. The Morgan fingerprint density at radius 3 is 2.65 bits per heavy atom. The van der Waals surface area contributed by atoms with Crippen LogP contribution < -0.4 is 0 Å². The van der Waals surface area contributed by atoms with Gasteiger partial charge in [-0.3, -0.25) is 5.10 Å². The quantitative estimate of drug-likeness (QED) is 0.267. The van der Waals surface area contributed by atoms with E-state index >= 15 is 0 Å². The molecule has 0 bridgehead atoms. The van der Waals surface area contributed by atoms with Crippen molar-refractivity contribution in [2.45, 2.75) is 30.5 Å². The zero-order valence-electron chi connectivity index (χ0n) is 16.4. The summed E-state index contributed by atoms with van der Waals surface area (Å²) in [5, 5.41) is 48.6. The predicted molar refractivity (Wildman–Crippen MR) is 114 cm³/mol. The Morgan fingerprint density at radius 2 is 1.81 bits per heavy atom. The number of aromatic nitrogens is 3. The molecule has 8 nitrogen and oxygen atoms in total. The molecule has 0 spiro atoms. The third-order valence-corrected chi connectivity index (χ3v) is 5.68. The molecule has 0 radical (unpaired) electrons. The van der Waals surface area contributed by atoms with E-state index in [1.54, 1.807) is 6.20 Å². The molecule has 3 heterocycles. The van der Waals surface area contributed by atoms with Crippen LogP contribution in [0.1, 0.15) is 5.56 Å². The fraction of sp³-hybridized carbons (Fsp3) is 0.261. The lowest BCUT2D eigenvalue weighted by Gasteiger charge is -2.37. The second kappa shape index (κ2) is 7.81. The minimum atomic E-state index is -1.46. The van der Waals surface area contributed by atoms with Gasteiger partial charge in [-0.05, 0) is 46.8 Å². The zero-order valence-corrected chi connectivity index (χ0v) is 16.4. The standard InChI is InChI=1S/C23H21N3O5/c27-11-19-22(29)23(30)21(28)18(31-19)4-2-14-8-15(9-16-10-25-26-20(14)16)12-1-3-17-13(7-12)5-6-24-17/h1,3,5-10,18-19,21-24,27-30H,11H2,(H,25,26)/t18?,19?,21?,22-,23?/m1/s1. The van der Waals surface area contributed by atoms with Crippen molar-refractivity contribution in [3.05, 3.63) is 54.4 Å². The average Bonchev–Trinajstić information content (AvgIpc) is 3.45. The van der Waals surface area contributed by atoms with Crippen molar-refractivity contribution in [3.8, 4) is 23.0 Å². The first-order valence-electron chi connectivity index (χ1n) is 9.92. The average molecular weight is 419 g/mol. The molecule has 0 amide bonds. The van der Waals surface area contributed by atoms with Crippen LogP contribution >= 0.6 is 0 Å². The number of nitrogens with one attached hydrogen (secondary N) is 2. The Labute approximate surface area is 177 Å². The highest BCUT2D eigenvalue weighted by Crippen LogP contribution is 2.29. The fourth-order valence-corrected chi connectivity index (χ4v) is 3.93. The van der Waals surface area contributed by atoms with Gasteiger partial charge >= 0.3 is 0 Å². The van der Waals surface area contributed by atoms with Gasteiger partial charge in [-0.25, -0.2) is 0 Å². The lowest BCUT2D eigenvalue weighted by Crippen LogP contribution is -2.58. The normalized spacial score (nSPS) is 26.1. The van der Waals surface area contributed by atoms with Crippen molar-refractivity contribution in [3.63, 3.8) is 0 Å². The predicted octanol–water partition coefficient (Wildman–Crippen LogP) is 0.905. The molecule has 6 N–H and O–H groups in total. The number of aromatic amines is 2. The van der Waals surface area contributed by atoms with E-state index in [-0.39, 0.29) is 0 Å². The molecule has 2 aromatic carbocycles. The largest absolute Gasteiger partial charge is 0.394 e. The molecule has 4 aromatic rings. The number of aliphatic hydroxyl groups excluding tert-OH is 4. The van der Waals surface area contributed by atoms with E-state index in [1.165, 1.54) is 0 Å². The molecule has 0 saturated carbocycles. The number of benzene rings is 2. The summed E-state index contributed by atoms with van der Waals surface area (Å²) in [6.07, 6.45) is -2.72. The first kappa shape index (κ1) is 19.8. The number of hydrogen-bond acceptors (Lipinski definition) is 6. The Morgan fingerprint density at radius 1 is 0.968 bits per heavy atom. The molecule has 158 valence electrons. The van der Waals surface area contributed by atoms with E-state index < -0.39 is 37.1 Å². The van der Waals surface area contributed by atoms with E-state index in [1.807, 2.05) is 36.5 Å². The maximum atomic E-state index is 10.2. The summed E-state index contributed by atoms with van der Waals surface area (Å²) in [6.45, 7) is -0.495. The van der Waals surface area contributed by atoms with Crippen molar-refractivity contribution in [1.82, 2.24) is 15.2 Å². The van der Waals surface area contributed by atoms with Gasteiger partial charge in [-0.15, -0.1) is 0 Å². The summed E-state index contributed by atoms with van der Waals surface area (Å²) in [6, 6.07) is 12.1. The smallest absolute Gasteiger partial charge is 0.147 e. The maximum Gasteiger partial charge on any atom is 0.147 e. The molecule has 0 aliphatic carbocycles. The van der Waals surface area contributed by atoms with Crippen molar-refractivity contribution in [1.29, 1.82) is 0 Å². The molecule has 1 saturated heterocycles. The van der Waals surface area contributed by atoms with Crippen LogP contribution in [0.15, 0.2) is 48.8 Å². The molecule has 1 aliphatic heterocycles. The number of nitrogens with zero attached hydrogens (tertiary/aromatic N) is 1. The first-order chi connectivity index (χ1) is 15.0. The highest BCUT2D eigenvalue weighted by atomic mass is 16.5. The van der Waals surface area contributed by atoms with Crippen LogP contribution in [0, 0.1) is 11.8 Å². The number of aliphatic hydroxyl groups is 4. The van der Waals surface area contributed by atoms with Gasteiger partial charge < -0.3 is 30.1 Å². The van der Waals surface area contributed by atoms with Gasteiger partial charge in [-0.2, -0.15) is 5.10 Å². The molecule has 2 aromatic heterocycles. The highest BCUT2D eigenvalue weighted by molar-refractivity contribution is 5.91. The first-order valence-corrected chi connectivity index (χ1v) is 9.92. The third kappa shape index (κ3) is 3.49. The van der Waals surface area contributed by atoms with Gasteiger partial charge in [0.25, 0.3) is 0 Å². The summed E-state index contributed by atoms with van der Waals surface area (Å²) in [4.78, 5) is 3.18. The van der Waals surface area contributed by atoms with Crippen LogP contribution in [0.4, 0.5) is 0 Å². The number of hydrogen-bond donors (Lipinski definition) is 6. The van der Waals surface area contributed by atoms with Gasteiger partial charge in [0.2, 0.25) is 0 Å². The van der Waals surface area contributed by atoms with Crippen molar-refractivity contribution in [2.75, 3.05) is 6.61 Å². The van der Waals surface area contributed by atoms with E-state index in [0.717, 1.165) is 32.9 Å². The minimum absolute atomic E-state index is 0.495. The van der Waals surface area contributed by atoms with Crippen LogP contribution in [-0.4, -0.2) is 72.7 Å². The summed E-state index contributed by atoms with van der Waals surface area (Å²) >= 11 is 0. The zero-order chi connectivity index (χ0) is 21.5. The summed E-state index contributed by atoms with van der Waals surface area (Å²) in [5.74, 6) is 5.84. The molecule has 5 rings (SSSR count). The molecular formula is C23H21N3O5. The molecular weight excluding hydrogens is 398 g/mol. The minimum Gasteiger partial charge on any atom is -0.394 e. The topological polar surface area (TPSA) is 135 Å². The van der Waals surface area contributed by atoms with E-state index in [0.29, 0.717) is 5.56 Å². The van der Waals surface area contributed by atoms with E-state index in [4.69, 9.17) is 4.74 Å². The van der Waals surface area contributed by atoms with Crippen molar-refractivity contribution < 1.29 is 25.2 Å². The van der Waals surface area contributed by atoms with Crippen LogP contribution in [0.25, 0.3) is 32.9 Å². The SMILES string of the molecule is OCC1OC(C#Cc2cc(-c3ccc4[nH]ccc4c3)cc3cn[nH]c23)C(O)C(O)[C@@H]1O. The van der Waals surface area contributed by atoms with Gasteiger partial charge in [0, 0.05) is 17.1 Å². The maximum absolute atomic E-state index is 10.2. The lowest BCUT2D eigenvalue weighted by molar-refractivity contribution is -0.214. The monoisotopic (exact) mass is 419 g/mol. The number of ether oxygens (including phenoxy) is 1. The molecule has 1 fully saturated rings. The van der Waals surface area contributed by atoms with Crippen molar-refractivity contribution >= 4 is 21.8 Å². The summed E-state index contributed by atoms with van der Waals surface area (Å²) in [5.41, 5.74) is 4.41. The Balaban J connectivity index is 1.54. The van der Waals surface area contributed by atoms with Crippen LogP contribution in [0.5, 0.6) is 0 Å². The van der Waals surface area contributed by atoms with Crippen molar-refractivity contribution in [2.24, 2.45) is 0 Å². The molecule has 4 unspecified atom stereocenters. The van der Waals surface area contributed by atoms with Gasteiger partial charge in [0.05, 0.1) is 23.9 Å². The second-order valence-corrected chi connectivity index (χ2v) is 7.66. The number of rotatable bonds is 2. The number of H-pyrrole nitrogens is 2. The molecule has 5 atom stereocenters.